The molecule has 2 aromatic rings. The summed E-state index contributed by atoms with van der Waals surface area (Å²) in [7, 11) is -4.02. The number of hydrogen-bond donors (Lipinski definition) is 2. The molecule has 2 aromatic carbocycles. The monoisotopic (exact) mass is 329 g/mol. The maximum Gasteiger partial charge on any atom is 0.337 e. The molecule has 5 nitrogen and oxygen atoms in total. The van der Waals surface area contributed by atoms with Crippen molar-refractivity contribution in [1.29, 1.82) is 0 Å². The third-order valence-electron chi connectivity index (χ3n) is 2.56. The second kappa shape index (κ2) is 5.71. The van der Waals surface area contributed by atoms with Gasteiger partial charge in [0, 0.05) is 5.02 Å². The van der Waals surface area contributed by atoms with E-state index in [4.69, 9.17) is 16.7 Å². The van der Waals surface area contributed by atoms with Crippen LogP contribution < -0.4 is 4.72 Å². The lowest BCUT2D eigenvalue weighted by atomic mass is 10.2. The maximum atomic E-state index is 13.1. The van der Waals surface area contributed by atoms with Crippen molar-refractivity contribution in [1.82, 2.24) is 0 Å². The van der Waals surface area contributed by atoms with Crippen LogP contribution in [0.5, 0.6) is 0 Å². The number of halogens is 2. The number of carboxylic acids is 1. The minimum Gasteiger partial charge on any atom is -0.478 e. The van der Waals surface area contributed by atoms with E-state index in [0.717, 1.165) is 18.2 Å². The molecule has 2 N–H and O–H groups in total. The lowest BCUT2D eigenvalue weighted by molar-refractivity contribution is 0.0697. The fourth-order valence-corrected chi connectivity index (χ4v) is 3.00. The summed E-state index contributed by atoms with van der Waals surface area (Å²) in [4.78, 5) is 10.9. The fourth-order valence-electron chi connectivity index (χ4n) is 1.62. The minimum atomic E-state index is -4.02. The molecule has 0 aliphatic heterocycles. The van der Waals surface area contributed by atoms with Gasteiger partial charge in [0.2, 0.25) is 0 Å². The first-order chi connectivity index (χ1) is 9.79. The van der Waals surface area contributed by atoms with Gasteiger partial charge >= 0.3 is 5.97 Å². The molecule has 0 fully saturated rings. The van der Waals surface area contributed by atoms with Crippen LogP contribution in [0.1, 0.15) is 10.4 Å². The lowest BCUT2D eigenvalue weighted by Crippen LogP contribution is -2.15. The Bertz CT molecular complexity index is 808. The van der Waals surface area contributed by atoms with Gasteiger partial charge in [-0.2, -0.15) is 0 Å². The molecule has 0 heterocycles. The molecule has 0 unspecified atom stereocenters. The van der Waals surface area contributed by atoms with Gasteiger partial charge in [-0.25, -0.2) is 17.6 Å². The predicted molar refractivity (Wildman–Crippen MR) is 75.6 cm³/mol. The second-order valence-electron chi connectivity index (χ2n) is 4.06. The van der Waals surface area contributed by atoms with E-state index in [1.165, 1.54) is 24.3 Å². The molecule has 0 saturated heterocycles. The third kappa shape index (κ3) is 3.50. The second-order valence-corrected chi connectivity index (χ2v) is 6.18. The summed E-state index contributed by atoms with van der Waals surface area (Å²) in [6.07, 6.45) is 0. The average Bonchev–Trinajstić information content (AvgIpc) is 2.40. The lowest BCUT2D eigenvalue weighted by Gasteiger charge is -2.10. The first kappa shape index (κ1) is 15.3. The summed E-state index contributed by atoms with van der Waals surface area (Å²) < 4.78 is 39.5. The number of carboxylic acid groups (broad SMARTS) is 1. The zero-order valence-corrected chi connectivity index (χ0v) is 12.0. The number of benzene rings is 2. The molecule has 0 bridgehead atoms. The van der Waals surface area contributed by atoms with Gasteiger partial charge in [-0.15, -0.1) is 0 Å². The summed E-state index contributed by atoms with van der Waals surface area (Å²) >= 11 is 5.72. The van der Waals surface area contributed by atoms with E-state index in [1.807, 2.05) is 0 Å². The van der Waals surface area contributed by atoms with Crippen molar-refractivity contribution in [3.8, 4) is 0 Å². The third-order valence-corrected chi connectivity index (χ3v) is 4.16. The van der Waals surface area contributed by atoms with Crippen LogP contribution in [-0.4, -0.2) is 19.5 Å². The van der Waals surface area contributed by atoms with Gasteiger partial charge in [0.25, 0.3) is 10.0 Å². The zero-order chi connectivity index (χ0) is 15.6. The van der Waals surface area contributed by atoms with Crippen LogP contribution in [0.3, 0.4) is 0 Å². The smallest absolute Gasteiger partial charge is 0.337 e. The standard InChI is InChI=1S/C13H9ClFNO4S/c14-8-2-1-3-10(6-8)21(19,20)16-12-5-4-9(15)7-11(12)13(17)18/h1-7,16H,(H,17,18). The highest BCUT2D eigenvalue weighted by molar-refractivity contribution is 7.92. The molecule has 21 heavy (non-hydrogen) atoms. The van der Waals surface area contributed by atoms with Crippen molar-refractivity contribution in [3.63, 3.8) is 0 Å². The van der Waals surface area contributed by atoms with Crippen LogP contribution in [0.4, 0.5) is 10.1 Å². The Morgan fingerprint density at radius 1 is 1.19 bits per heavy atom. The number of sulfonamides is 1. The normalized spacial score (nSPS) is 11.1. The maximum absolute atomic E-state index is 13.1. The van der Waals surface area contributed by atoms with Gasteiger partial charge in [-0.3, -0.25) is 4.72 Å². The molecule has 0 spiro atoms. The molecule has 0 saturated carbocycles. The summed E-state index contributed by atoms with van der Waals surface area (Å²) in [6.45, 7) is 0. The van der Waals surface area contributed by atoms with Crippen molar-refractivity contribution in [3.05, 3.63) is 58.9 Å². The van der Waals surface area contributed by atoms with Crippen LogP contribution in [0, 0.1) is 5.82 Å². The molecule has 0 atom stereocenters. The molecule has 110 valence electrons. The van der Waals surface area contributed by atoms with Gasteiger partial charge in [0.1, 0.15) is 5.82 Å². The van der Waals surface area contributed by atoms with Gasteiger partial charge in [0.05, 0.1) is 16.1 Å². The van der Waals surface area contributed by atoms with Crippen LogP contribution >= 0.6 is 11.6 Å². The zero-order valence-electron chi connectivity index (χ0n) is 10.4. The highest BCUT2D eigenvalue weighted by atomic mass is 35.5. The summed E-state index contributed by atoms with van der Waals surface area (Å²) in [5.41, 5.74) is -0.718. The Morgan fingerprint density at radius 3 is 2.52 bits per heavy atom. The summed E-state index contributed by atoms with van der Waals surface area (Å²) in [6, 6.07) is 8.20. The Labute approximate surface area is 125 Å². The Hall–Kier alpha value is -2.12. The van der Waals surface area contributed by atoms with E-state index in [2.05, 4.69) is 4.72 Å². The van der Waals surface area contributed by atoms with E-state index < -0.39 is 27.4 Å². The minimum absolute atomic E-state index is 0.129. The number of rotatable bonds is 4. The molecular weight excluding hydrogens is 321 g/mol. The van der Waals surface area contributed by atoms with E-state index in [9.17, 15) is 17.6 Å². The highest BCUT2D eigenvalue weighted by Gasteiger charge is 2.19. The van der Waals surface area contributed by atoms with Crippen molar-refractivity contribution in [2.24, 2.45) is 0 Å². The predicted octanol–water partition coefficient (Wildman–Crippen LogP) is 2.98. The number of carbonyl (C=O) groups is 1. The number of aromatic carboxylic acids is 1. The number of hydrogen-bond acceptors (Lipinski definition) is 3. The highest BCUT2D eigenvalue weighted by Crippen LogP contribution is 2.22. The van der Waals surface area contributed by atoms with Crippen molar-refractivity contribution in [2.45, 2.75) is 4.90 Å². The van der Waals surface area contributed by atoms with Crippen LogP contribution in [0.2, 0.25) is 5.02 Å². The first-order valence-corrected chi connectivity index (χ1v) is 7.47. The molecule has 8 heteroatoms. The van der Waals surface area contributed by atoms with Gasteiger partial charge in [0.15, 0.2) is 0 Å². The fraction of sp³-hybridized carbons (Fsp3) is 0. The van der Waals surface area contributed by atoms with Crippen molar-refractivity contribution < 1.29 is 22.7 Å². The van der Waals surface area contributed by atoms with Crippen LogP contribution in [0.25, 0.3) is 0 Å². The topological polar surface area (TPSA) is 83.5 Å². The van der Waals surface area contributed by atoms with Gasteiger partial charge < -0.3 is 5.11 Å². The Balaban J connectivity index is 2.44. The van der Waals surface area contributed by atoms with E-state index >= 15 is 0 Å². The molecule has 0 aliphatic rings. The van der Waals surface area contributed by atoms with Crippen molar-refractivity contribution in [2.75, 3.05) is 4.72 Å². The van der Waals surface area contributed by atoms with Crippen LogP contribution in [0.15, 0.2) is 47.4 Å². The summed E-state index contributed by atoms with van der Waals surface area (Å²) in [5.74, 6) is -2.23. The Morgan fingerprint density at radius 2 is 1.90 bits per heavy atom. The summed E-state index contributed by atoms with van der Waals surface area (Å²) in [5, 5.41) is 9.20. The largest absolute Gasteiger partial charge is 0.478 e. The number of nitrogens with one attached hydrogen (secondary N) is 1. The van der Waals surface area contributed by atoms with Gasteiger partial charge in [-0.1, -0.05) is 17.7 Å². The van der Waals surface area contributed by atoms with Crippen LogP contribution in [-0.2, 0) is 10.0 Å². The van der Waals surface area contributed by atoms with Crippen molar-refractivity contribution >= 4 is 33.3 Å². The van der Waals surface area contributed by atoms with E-state index in [0.29, 0.717) is 0 Å². The van der Waals surface area contributed by atoms with E-state index in [-0.39, 0.29) is 15.6 Å². The molecule has 0 aliphatic carbocycles. The van der Waals surface area contributed by atoms with E-state index in [1.54, 1.807) is 0 Å². The SMILES string of the molecule is O=C(O)c1cc(F)ccc1NS(=O)(=O)c1cccc(Cl)c1. The molecule has 0 amide bonds. The molecule has 0 aromatic heterocycles. The molecule has 2 rings (SSSR count). The molecular formula is C13H9ClFNO4S. The average molecular weight is 330 g/mol. The first-order valence-electron chi connectivity index (χ1n) is 5.61. The van der Waals surface area contributed by atoms with Gasteiger partial charge in [-0.05, 0) is 36.4 Å². The number of anilines is 1. The Kier molecular flexibility index (Phi) is 4.15. The molecule has 0 radical (unpaired) electrons. The quantitative estimate of drug-likeness (QED) is 0.903.